The van der Waals surface area contributed by atoms with E-state index in [9.17, 15) is 9.18 Å². The highest BCUT2D eigenvalue weighted by atomic mass is 32.1. The van der Waals surface area contributed by atoms with Crippen LogP contribution in [0.4, 0.5) is 16.0 Å². The van der Waals surface area contributed by atoms with Gasteiger partial charge in [0.05, 0.1) is 30.3 Å². The topological polar surface area (TPSA) is 112 Å². The number of carbonyl (C=O) groups is 1. The first-order valence-corrected chi connectivity index (χ1v) is 13.3. The molecule has 3 aromatic heterocycles. The Balaban J connectivity index is 1.28. The zero-order chi connectivity index (χ0) is 27.2. The summed E-state index contributed by atoms with van der Waals surface area (Å²) in [4.78, 5) is 28.2. The summed E-state index contributed by atoms with van der Waals surface area (Å²) in [5.74, 6) is 0.586. The SMILES string of the molecule is C[C@H](NC(=O)c1cccnc1NCc1ccc(-c2ccc3ncnc(NCCO)c3c2)s1)c1ccc(F)cc1. The van der Waals surface area contributed by atoms with Crippen molar-refractivity contribution in [1.82, 2.24) is 20.3 Å². The number of aliphatic hydroxyl groups is 1. The van der Waals surface area contributed by atoms with Crippen molar-refractivity contribution in [2.45, 2.75) is 19.5 Å². The Hall–Kier alpha value is -4.41. The summed E-state index contributed by atoms with van der Waals surface area (Å²) < 4.78 is 13.3. The summed E-state index contributed by atoms with van der Waals surface area (Å²) >= 11 is 1.64. The fraction of sp³-hybridized carbons (Fsp3) is 0.172. The van der Waals surface area contributed by atoms with Gasteiger partial charge in [-0.15, -0.1) is 11.3 Å². The summed E-state index contributed by atoms with van der Waals surface area (Å²) in [6, 6.07) is 19.4. The summed E-state index contributed by atoms with van der Waals surface area (Å²) in [6.07, 6.45) is 3.15. The van der Waals surface area contributed by atoms with Crippen LogP contribution in [0.15, 0.2) is 79.3 Å². The van der Waals surface area contributed by atoms with Crippen molar-refractivity contribution in [2.24, 2.45) is 0 Å². The van der Waals surface area contributed by atoms with Crippen molar-refractivity contribution in [3.05, 3.63) is 101 Å². The lowest BCUT2D eigenvalue weighted by Crippen LogP contribution is -2.27. The minimum Gasteiger partial charge on any atom is -0.395 e. The molecule has 0 saturated carbocycles. The molecule has 5 rings (SSSR count). The molecule has 0 unspecified atom stereocenters. The number of hydrogen-bond acceptors (Lipinski definition) is 8. The van der Waals surface area contributed by atoms with Gasteiger partial charge in [-0.25, -0.2) is 19.3 Å². The number of hydrogen-bond donors (Lipinski definition) is 4. The van der Waals surface area contributed by atoms with Crippen LogP contribution in [-0.4, -0.2) is 39.1 Å². The fourth-order valence-electron chi connectivity index (χ4n) is 4.16. The average Bonchev–Trinajstić information content (AvgIpc) is 3.44. The number of anilines is 2. The lowest BCUT2D eigenvalue weighted by molar-refractivity contribution is 0.0940. The second-order valence-corrected chi connectivity index (χ2v) is 10.0. The van der Waals surface area contributed by atoms with E-state index >= 15 is 0 Å². The number of halogens is 1. The van der Waals surface area contributed by atoms with Crippen LogP contribution in [0, 0.1) is 5.82 Å². The molecule has 0 fully saturated rings. The van der Waals surface area contributed by atoms with Gasteiger partial charge in [-0.05, 0) is 66.6 Å². The van der Waals surface area contributed by atoms with Crippen LogP contribution < -0.4 is 16.0 Å². The number of nitrogens with one attached hydrogen (secondary N) is 3. The number of thiophene rings is 1. The second kappa shape index (κ2) is 12.0. The van der Waals surface area contributed by atoms with Gasteiger partial charge in [0.1, 0.15) is 23.8 Å². The minimum absolute atomic E-state index is 0.0133. The molecule has 1 atom stereocenters. The Morgan fingerprint density at radius 1 is 1.00 bits per heavy atom. The van der Waals surface area contributed by atoms with Crippen LogP contribution in [0.2, 0.25) is 0 Å². The molecular formula is C29H27FN6O2S. The van der Waals surface area contributed by atoms with Crippen molar-refractivity contribution >= 4 is 39.8 Å². The lowest BCUT2D eigenvalue weighted by Gasteiger charge is -2.16. The molecule has 0 radical (unpaired) electrons. The number of nitrogens with zero attached hydrogens (tertiary/aromatic N) is 3. The molecule has 0 aliphatic heterocycles. The van der Waals surface area contributed by atoms with Crippen LogP contribution in [-0.2, 0) is 6.54 Å². The molecule has 4 N–H and O–H groups in total. The van der Waals surface area contributed by atoms with Crippen LogP contribution in [0.1, 0.15) is 33.8 Å². The molecule has 0 aliphatic rings. The zero-order valence-corrected chi connectivity index (χ0v) is 22.0. The quantitative estimate of drug-likeness (QED) is 0.187. The number of aliphatic hydroxyl groups excluding tert-OH is 1. The van der Waals surface area contributed by atoms with Crippen molar-refractivity contribution < 1.29 is 14.3 Å². The van der Waals surface area contributed by atoms with Gasteiger partial charge in [-0.2, -0.15) is 0 Å². The summed E-state index contributed by atoms with van der Waals surface area (Å²) in [7, 11) is 0. The molecular weight excluding hydrogens is 515 g/mol. The maximum Gasteiger partial charge on any atom is 0.255 e. The molecule has 198 valence electrons. The minimum atomic E-state index is -0.317. The van der Waals surface area contributed by atoms with Gasteiger partial charge in [-0.3, -0.25) is 4.79 Å². The van der Waals surface area contributed by atoms with Crippen LogP contribution in [0.25, 0.3) is 21.3 Å². The maximum absolute atomic E-state index is 13.3. The van der Waals surface area contributed by atoms with Gasteiger partial charge in [-0.1, -0.05) is 18.2 Å². The normalized spacial score (nSPS) is 11.8. The molecule has 8 nitrogen and oxygen atoms in total. The largest absolute Gasteiger partial charge is 0.395 e. The highest BCUT2D eigenvalue weighted by Crippen LogP contribution is 2.32. The van der Waals surface area contributed by atoms with E-state index in [1.165, 1.54) is 18.5 Å². The Bertz CT molecular complexity index is 1590. The highest BCUT2D eigenvalue weighted by molar-refractivity contribution is 7.15. The Labute approximate surface area is 229 Å². The first kappa shape index (κ1) is 26.2. The van der Waals surface area contributed by atoms with Crippen molar-refractivity contribution in [2.75, 3.05) is 23.8 Å². The summed E-state index contributed by atoms with van der Waals surface area (Å²) in [5.41, 5.74) is 3.10. The second-order valence-electron chi connectivity index (χ2n) is 8.87. The fourth-order valence-corrected chi connectivity index (χ4v) is 5.11. The predicted molar refractivity (Wildman–Crippen MR) is 152 cm³/mol. The van der Waals surface area contributed by atoms with Crippen LogP contribution in [0.5, 0.6) is 0 Å². The molecule has 3 heterocycles. The van der Waals surface area contributed by atoms with E-state index in [1.807, 2.05) is 31.2 Å². The molecule has 1 amide bonds. The van der Waals surface area contributed by atoms with E-state index < -0.39 is 0 Å². The van der Waals surface area contributed by atoms with Gasteiger partial charge in [0.2, 0.25) is 0 Å². The highest BCUT2D eigenvalue weighted by Gasteiger charge is 2.16. The number of carbonyl (C=O) groups excluding carboxylic acids is 1. The van der Waals surface area contributed by atoms with E-state index in [0.29, 0.717) is 30.3 Å². The molecule has 0 aliphatic carbocycles. The van der Waals surface area contributed by atoms with Gasteiger partial charge >= 0.3 is 0 Å². The summed E-state index contributed by atoms with van der Waals surface area (Å²) in [5, 5.41) is 19.4. The smallest absolute Gasteiger partial charge is 0.255 e. The molecule has 0 bridgehead atoms. The lowest BCUT2D eigenvalue weighted by atomic mass is 10.1. The van der Waals surface area contributed by atoms with Crippen LogP contribution in [0.3, 0.4) is 0 Å². The van der Waals surface area contributed by atoms with Crippen molar-refractivity contribution in [3.63, 3.8) is 0 Å². The van der Waals surface area contributed by atoms with E-state index in [1.54, 1.807) is 41.8 Å². The number of fused-ring (bicyclic) bond motifs is 1. The Morgan fingerprint density at radius 3 is 2.67 bits per heavy atom. The van der Waals surface area contributed by atoms with Gasteiger partial charge in [0.25, 0.3) is 5.91 Å². The molecule has 39 heavy (non-hydrogen) atoms. The third-order valence-electron chi connectivity index (χ3n) is 6.19. The third kappa shape index (κ3) is 6.19. The summed E-state index contributed by atoms with van der Waals surface area (Å²) in [6.45, 7) is 2.77. The average molecular weight is 543 g/mol. The van der Waals surface area contributed by atoms with E-state index in [2.05, 4.69) is 37.0 Å². The molecule has 5 aromatic rings. The van der Waals surface area contributed by atoms with Gasteiger partial charge in [0.15, 0.2) is 0 Å². The molecule has 2 aromatic carbocycles. The molecule has 0 saturated heterocycles. The monoisotopic (exact) mass is 542 g/mol. The standard InChI is InChI=1S/C29H27FN6O2S/c1-18(19-4-7-21(30)8-5-19)36-29(38)23-3-2-12-31-27(23)33-16-22-9-11-26(39-22)20-6-10-25-24(15-20)28(32-13-14-37)35-17-34-25/h2-12,15,17-18,37H,13-14,16H2,1H3,(H,31,33)(H,36,38)(H,32,34,35)/t18-/m0/s1. The number of aromatic nitrogens is 3. The molecule has 0 spiro atoms. The van der Waals surface area contributed by atoms with E-state index in [0.717, 1.165) is 31.8 Å². The number of pyridine rings is 1. The van der Waals surface area contributed by atoms with Crippen molar-refractivity contribution in [3.8, 4) is 10.4 Å². The maximum atomic E-state index is 13.3. The third-order valence-corrected chi connectivity index (χ3v) is 7.32. The first-order chi connectivity index (χ1) is 19.0. The van der Waals surface area contributed by atoms with E-state index in [-0.39, 0.29) is 24.4 Å². The molecule has 10 heteroatoms. The number of benzene rings is 2. The number of rotatable bonds is 10. The van der Waals surface area contributed by atoms with Gasteiger partial charge < -0.3 is 21.1 Å². The first-order valence-electron chi connectivity index (χ1n) is 12.5. The predicted octanol–water partition coefficient (Wildman–Crippen LogP) is 5.40. The number of amides is 1. The Morgan fingerprint density at radius 2 is 1.85 bits per heavy atom. The van der Waals surface area contributed by atoms with Crippen molar-refractivity contribution in [1.29, 1.82) is 0 Å². The van der Waals surface area contributed by atoms with Gasteiger partial charge in [0, 0.05) is 27.9 Å². The Kier molecular flexibility index (Phi) is 8.04. The van der Waals surface area contributed by atoms with E-state index in [4.69, 9.17) is 5.11 Å². The van der Waals surface area contributed by atoms with Crippen LogP contribution >= 0.6 is 11.3 Å². The zero-order valence-electron chi connectivity index (χ0n) is 21.2.